The average molecular weight is 296 g/mol. The van der Waals surface area contributed by atoms with E-state index in [-0.39, 0.29) is 12.5 Å². The zero-order valence-corrected chi connectivity index (χ0v) is 11.6. The maximum atomic E-state index is 11.5. The topological polar surface area (TPSA) is 114 Å². The molecule has 1 aromatic rings. The Morgan fingerprint density at radius 3 is 2.48 bits per heavy atom. The molecular weight excluding hydrogens is 280 g/mol. The van der Waals surface area contributed by atoms with Gasteiger partial charge in [-0.2, -0.15) is 0 Å². The van der Waals surface area contributed by atoms with Crippen LogP contribution in [0.5, 0.6) is 5.75 Å². The molecule has 0 unspecified atom stereocenters. The predicted octanol–water partition coefficient (Wildman–Crippen LogP) is 0.693. The summed E-state index contributed by atoms with van der Waals surface area (Å²) in [7, 11) is 1.43. The van der Waals surface area contributed by atoms with Crippen LogP contribution < -0.4 is 15.4 Å². The molecule has 114 valence electrons. The molecule has 0 saturated carbocycles. The maximum Gasteiger partial charge on any atom is 0.329 e. The van der Waals surface area contributed by atoms with Crippen molar-refractivity contribution in [2.75, 3.05) is 31.0 Å². The van der Waals surface area contributed by atoms with E-state index in [0.29, 0.717) is 17.1 Å². The van der Waals surface area contributed by atoms with Crippen LogP contribution in [0.1, 0.15) is 6.92 Å². The molecule has 0 aromatic heterocycles. The number of carboxylic acids is 1. The van der Waals surface area contributed by atoms with E-state index in [9.17, 15) is 14.4 Å². The number of nitrogens with one attached hydrogen (secondary N) is 2. The molecule has 0 spiro atoms. The molecule has 1 rings (SSSR count). The highest BCUT2D eigenvalue weighted by Gasteiger charge is 2.09. The van der Waals surface area contributed by atoms with Gasteiger partial charge >= 0.3 is 5.97 Å². The molecule has 0 bridgehead atoms. The molecule has 0 fully saturated rings. The second kappa shape index (κ2) is 7.85. The van der Waals surface area contributed by atoms with Crippen LogP contribution in [0.25, 0.3) is 0 Å². The fraction of sp³-hybridized carbons (Fsp3) is 0.308. The van der Waals surface area contributed by atoms with E-state index >= 15 is 0 Å². The third-order valence-corrected chi connectivity index (χ3v) is 2.25. The minimum Gasteiger partial charge on any atom is -0.494 e. The van der Waals surface area contributed by atoms with Crippen LogP contribution in [0.3, 0.4) is 0 Å². The van der Waals surface area contributed by atoms with Gasteiger partial charge in [-0.05, 0) is 12.1 Å². The van der Waals surface area contributed by atoms with Crippen molar-refractivity contribution in [3.05, 3.63) is 18.2 Å². The number of hydrogen-bond donors (Lipinski definition) is 3. The number of benzene rings is 1. The molecule has 8 nitrogen and oxygen atoms in total. The molecule has 0 radical (unpaired) electrons. The summed E-state index contributed by atoms with van der Waals surface area (Å²) in [6.45, 7) is 0.454. The Labute approximate surface area is 121 Å². The molecule has 0 aliphatic heterocycles. The van der Waals surface area contributed by atoms with E-state index in [0.717, 1.165) is 0 Å². The molecule has 0 atom stereocenters. The lowest BCUT2D eigenvalue weighted by molar-refractivity contribution is -0.143. The van der Waals surface area contributed by atoms with Crippen LogP contribution in [0, 0.1) is 0 Å². The van der Waals surface area contributed by atoms with Gasteiger partial charge in [0, 0.05) is 18.7 Å². The van der Waals surface area contributed by atoms with Gasteiger partial charge < -0.3 is 25.2 Å². The highest BCUT2D eigenvalue weighted by molar-refractivity contribution is 5.94. The van der Waals surface area contributed by atoms with Crippen molar-refractivity contribution in [2.24, 2.45) is 0 Å². The largest absolute Gasteiger partial charge is 0.494 e. The van der Waals surface area contributed by atoms with Crippen molar-refractivity contribution < 1.29 is 29.0 Å². The van der Waals surface area contributed by atoms with Gasteiger partial charge in [0.25, 0.3) is 0 Å². The number of carboxylic acid groups (broad SMARTS) is 1. The Balaban J connectivity index is 2.65. The van der Waals surface area contributed by atoms with Gasteiger partial charge in [-0.25, -0.2) is 4.79 Å². The molecule has 0 heterocycles. The SMILES string of the molecule is COc1cc(NC(=O)COCC(=O)O)ccc1NC(C)=O. The molecule has 0 saturated heterocycles. The van der Waals surface area contributed by atoms with Gasteiger partial charge in [-0.3, -0.25) is 9.59 Å². The van der Waals surface area contributed by atoms with Crippen molar-refractivity contribution in [3.8, 4) is 5.75 Å². The molecule has 2 amide bonds. The van der Waals surface area contributed by atoms with E-state index in [2.05, 4.69) is 15.4 Å². The third-order valence-electron chi connectivity index (χ3n) is 2.25. The quantitative estimate of drug-likeness (QED) is 0.682. The number of ether oxygens (including phenoxy) is 2. The summed E-state index contributed by atoms with van der Waals surface area (Å²) in [5.41, 5.74) is 0.912. The highest BCUT2D eigenvalue weighted by atomic mass is 16.5. The molecule has 21 heavy (non-hydrogen) atoms. The molecular formula is C13H16N2O6. The first-order chi connectivity index (χ1) is 9.92. The van der Waals surface area contributed by atoms with Crippen LogP contribution in [0.15, 0.2) is 18.2 Å². The minimum atomic E-state index is -1.15. The third kappa shape index (κ3) is 5.91. The van der Waals surface area contributed by atoms with Gasteiger partial charge in [0.2, 0.25) is 11.8 Å². The highest BCUT2D eigenvalue weighted by Crippen LogP contribution is 2.27. The van der Waals surface area contributed by atoms with E-state index in [4.69, 9.17) is 9.84 Å². The normalized spacial score (nSPS) is 9.81. The maximum absolute atomic E-state index is 11.5. The average Bonchev–Trinajstić information content (AvgIpc) is 2.39. The van der Waals surface area contributed by atoms with Crippen LogP contribution in [0.2, 0.25) is 0 Å². The lowest BCUT2D eigenvalue weighted by Crippen LogP contribution is -2.20. The van der Waals surface area contributed by atoms with Gasteiger partial charge in [0.15, 0.2) is 0 Å². The summed E-state index contributed by atoms with van der Waals surface area (Å²) in [5, 5.41) is 13.5. The minimum absolute atomic E-state index is 0.243. The molecule has 0 aliphatic carbocycles. The number of rotatable bonds is 7. The van der Waals surface area contributed by atoms with Crippen LogP contribution in [0.4, 0.5) is 11.4 Å². The summed E-state index contributed by atoms with van der Waals surface area (Å²) in [4.78, 5) is 32.8. The van der Waals surface area contributed by atoms with Gasteiger partial charge in [-0.15, -0.1) is 0 Å². The Kier molecular flexibility index (Phi) is 6.15. The number of carbonyl (C=O) groups excluding carboxylic acids is 2. The fourth-order valence-corrected chi connectivity index (χ4v) is 1.49. The number of amides is 2. The van der Waals surface area contributed by atoms with E-state index in [1.807, 2.05) is 0 Å². The molecule has 0 aliphatic rings. The summed E-state index contributed by atoms with van der Waals surface area (Å²) in [5.74, 6) is -1.50. The number of carbonyl (C=O) groups is 3. The van der Waals surface area contributed by atoms with Crippen molar-refractivity contribution in [1.29, 1.82) is 0 Å². The van der Waals surface area contributed by atoms with E-state index in [1.165, 1.54) is 20.1 Å². The fourth-order valence-electron chi connectivity index (χ4n) is 1.49. The number of aliphatic carboxylic acids is 1. The first-order valence-electron chi connectivity index (χ1n) is 5.97. The first-order valence-corrected chi connectivity index (χ1v) is 5.97. The number of methoxy groups -OCH3 is 1. The molecule has 8 heteroatoms. The van der Waals surface area contributed by atoms with Gasteiger partial charge in [0.05, 0.1) is 12.8 Å². The smallest absolute Gasteiger partial charge is 0.329 e. The van der Waals surface area contributed by atoms with E-state index < -0.39 is 18.5 Å². The zero-order chi connectivity index (χ0) is 15.8. The first kappa shape index (κ1) is 16.4. The van der Waals surface area contributed by atoms with E-state index in [1.54, 1.807) is 12.1 Å². The Hall–Kier alpha value is -2.61. The summed E-state index contributed by atoms with van der Waals surface area (Å²) in [6.07, 6.45) is 0. The zero-order valence-electron chi connectivity index (χ0n) is 11.6. The number of hydrogen-bond acceptors (Lipinski definition) is 5. The van der Waals surface area contributed by atoms with Crippen molar-refractivity contribution in [3.63, 3.8) is 0 Å². The standard InChI is InChI=1S/C13H16N2O6/c1-8(16)14-10-4-3-9(5-11(10)20-2)15-12(17)6-21-7-13(18)19/h3-5H,6-7H2,1-2H3,(H,14,16)(H,15,17)(H,18,19). The summed E-state index contributed by atoms with van der Waals surface area (Å²) < 4.78 is 9.77. The number of anilines is 2. The van der Waals surface area contributed by atoms with Crippen LogP contribution in [-0.4, -0.2) is 43.2 Å². The molecule has 1 aromatic carbocycles. The van der Waals surface area contributed by atoms with Crippen LogP contribution >= 0.6 is 0 Å². The lowest BCUT2D eigenvalue weighted by atomic mass is 10.2. The molecule has 3 N–H and O–H groups in total. The Morgan fingerprint density at radius 2 is 1.90 bits per heavy atom. The van der Waals surface area contributed by atoms with Crippen molar-refractivity contribution >= 4 is 29.2 Å². The second-order valence-corrected chi connectivity index (χ2v) is 4.03. The van der Waals surface area contributed by atoms with Crippen molar-refractivity contribution in [1.82, 2.24) is 0 Å². The predicted molar refractivity (Wildman–Crippen MR) is 74.4 cm³/mol. The van der Waals surface area contributed by atoms with Crippen LogP contribution in [-0.2, 0) is 19.1 Å². The van der Waals surface area contributed by atoms with Gasteiger partial charge in [-0.1, -0.05) is 0 Å². The second-order valence-electron chi connectivity index (χ2n) is 4.03. The van der Waals surface area contributed by atoms with Gasteiger partial charge in [0.1, 0.15) is 19.0 Å². The Bertz CT molecular complexity index is 543. The monoisotopic (exact) mass is 296 g/mol. The summed E-state index contributed by atoms with van der Waals surface area (Å²) in [6, 6.07) is 4.68. The summed E-state index contributed by atoms with van der Waals surface area (Å²) >= 11 is 0. The van der Waals surface area contributed by atoms with Crippen molar-refractivity contribution in [2.45, 2.75) is 6.92 Å². The Morgan fingerprint density at radius 1 is 1.19 bits per heavy atom. The lowest BCUT2D eigenvalue weighted by Gasteiger charge is -2.11.